The van der Waals surface area contributed by atoms with Gasteiger partial charge < -0.3 is 15.5 Å². The fraction of sp³-hybridized carbons (Fsp3) is 0.500. The van der Waals surface area contributed by atoms with Crippen LogP contribution in [-0.4, -0.2) is 37.5 Å². The highest BCUT2D eigenvalue weighted by Gasteiger charge is 2.33. The van der Waals surface area contributed by atoms with Crippen LogP contribution in [0, 0.1) is 5.92 Å². The van der Waals surface area contributed by atoms with Gasteiger partial charge >= 0.3 is 0 Å². The van der Waals surface area contributed by atoms with E-state index in [9.17, 15) is 9.59 Å². The molecule has 0 aromatic heterocycles. The normalized spacial score (nSPS) is 21.2. The minimum Gasteiger partial charge on any atom is -0.343 e. The molecule has 118 valence electrons. The number of nitrogens with one attached hydrogen (secondary N) is 2. The highest BCUT2D eigenvalue weighted by Crippen LogP contribution is 2.27. The summed E-state index contributed by atoms with van der Waals surface area (Å²) in [5, 5.41) is 6.59. The lowest BCUT2D eigenvalue weighted by atomic mass is 10.2. The van der Waals surface area contributed by atoms with E-state index in [1.165, 1.54) is 12.8 Å². The van der Waals surface area contributed by atoms with Crippen molar-refractivity contribution in [1.29, 1.82) is 0 Å². The number of carbonyl (C=O) groups is 2. The van der Waals surface area contributed by atoms with Crippen LogP contribution in [-0.2, 0) is 9.59 Å². The molecule has 1 aliphatic heterocycles. The van der Waals surface area contributed by atoms with E-state index in [2.05, 4.69) is 10.6 Å². The Hall–Kier alpha value is -1.59. The Balaban J connectivity index is 1.49. The van der Waals surface area contributed by atoms with Crippen molar-refractivity contribution in [3.05, 3.63) is 29.3 Å². The average molecular weight is 322 g/mol. The number of rotatable bonds is 6. The topological polar surface area (TPSA) is 61.4 Å². The Morgan fingerprint density at radius 3 is 2.64 bits per heavy atom. The average Bonchev–Trinajstić information content (AvgIpc) is 3.25. The lowest BCUT2D eigenvalue weighted by Gasteiger charge is -2.17. The standard InChI is InChI=1S/C16H20ClN3O2/c17-12-3-5-13(6-4-12)20-8-7-14(16(20)22)19-15(21)10-18-9-11-1-2-11/h3-6,11,14,18H,1-2,7-10H2,(H,19,21). The molecule has 6 heteroatoms. The largest absolute Gasteiger partial charge is 0.343 e. The van der Waals surface area contributed by atoms with E-state index in [4.69, 9.17) is 11.6 Å². The fourth-order valence-electron chi connectivity index (χ4n) is 2.65. The maximum atomic E-state index is 12.4. The molecule has 22 heavy (non-hydrogen) atoms. The zero-order chi connectivity index (χ0) is 15.5. The minimum absolute atomic E-state index is 0.0575. The van der Waals surface area contributed by atoms with Crippen LogP contribution in [0.5, 0.6) is 0 Å². The summed E-state index contributed by atoms with van der Waals surface area (Å²) in [7, 11) is 0. The summed E-state index contributed by atoms with van der Waals surface area (Å²) in [6, 6.07) is 6.74. The number of anilines is 1. The van der Waals surface area contributed by atoms with Crippen molar-refractivity contribution in [3.63, 3.8) is 0 Å². The third kappa shape index (κ3) is 3.78. The number of hydrogen-bond donors (Lipinski definition) is 2. The van der Waals surface area contributed by atoms with Crippen LogP contribution in [0.25, 0.3) is 0 Å². The van der Waals surface area contributed by atoms with Gasteiger partial charge in [0.1, 0.15) is 6.04 Å². The predicted octanol–water partition coefficient (Wildman–Crippen LogP) is 1.56. The molecule has 2 fully saturated rings. The quantitative estimate of drug-likeness (QED) is 0.836. The van der Waals surface area contributed by atoms with Crippen LogP contribution in [0.4, 0.5) is 5.69 Å². The summed E-state index contributed by atoms with van der Waals surface area (Å²) in [6.07, 6.45) is 3.15. The molecule has 1 aromatic rings. The van der Waals surface area contributed by atoms with Gasteiger partial charge in [-0.3, -0.25) is 9.59 Å². The fourth-order valence-corrected chi connectivity index (χ4v) is 2.77. The molecule has 1 aromatic carbocycles. The second-order valence-electron chi connectivity index (χ2n) is 5.95. The molecule has 1 saturated carbocycles. The number of halogens is 1. The summed E-state index contributed by atoms with van der Waals surface area (Å²) >= 11 is 5.86. The molecule has 0 spiro atoms. The highest BCUT2D eigenvalue weighted by atomic mass is 35.5. The maximum Gasteiger partial charge on any atom is 0.249 e. The molecule has 1 saturated heterocycles. The first-order chi connectivity index (χ1) is 10.6. The van der Waals surface area contributed by atoms with Crippen LogP contribution < -0.4 is 15.5 Å². The van der Waals surface area contributed by atoms with E-state index in [1.54, 1.807) is 17.0 Å². The number of benzene rings is 1. The summed E-state index contributed by atoms with van der Waals surface area (Å²) < 4.78 is 0. The van der Waals surface area contributed by atoms with Gasteiger partial charge in [0.15, 0.2) is 0 Å². The van der Waals surface area contributed by atoms with E-state index in [0.717, 1.165) is 18.2 Å². The predicted molar refractivity (Wildman–Crippen MR) is 85.9 cm³/mol. The van der Waals surface area contributed by atoms with Crippen LogP contribution in [0.15, 0.2) is 24.3 Å². The molecule has 1 atom stereocenters. The molecule has 2 amide bonds. The first kappa shape index (κ1) is 15.3. The molecular weight excluding hydrogens is 302 g/mol. The smallest absolute Gasteiger partial charge is 0.249 e. The first-order valence-corrected chi connectivity index (χ1v) is 8.08. The van der Waals surface area contributed by atoms with Crippen LogP contribution in [0.3, 0.4) is 0 Å². The Bertz CT molecular complexity index is 557. The van der Waals surface area contributed by atoms with E-state index < -0.39 is 6.04 Å². The Morgan fingerprint density at radius 1 is 1.23 bits per heavy atom. The first-order valence-electron chi connectivity index (χ1n) is 7.70. The molecule has 1 unspecified atom stereocenters. The Kier molecular flexibility index (Phi) is 4.64. The molecular formula is C16H20ClN3O2. The molecule has 2 aliphatic rings. The van der Waals surface area contributed by atoms with Gasteiger partial charge in [0.05, 0.1) is 6.54 Å². The van der Waals surface area contributed by atoms with Crippen molar-refractivity contribution in [3.8, 4) is 0 Å². The number of amides is 2. The summed E-state index contributed by atoms with van der Waals surface area (Å²) in [4.78, 5) is 25.9. The van der Waals surface area contributed by atoms with Gasteiger partial charge in [0.25, 0.3) is 0 Å². The second kappa shape index (κ2) is 6.67. The Labute approximate surface area is 135 Å². The molecule has 0 bridgehead atoms. The van der Waals surface area contributed by atoms with Gasteiger partial charge in [-0.15, -0.1) is 0 Å². The summed E-state index contributed by atoms with van der Waals surface area (Å²) in [5.74, 6) is 0.566. The number of nitrogens with zero attached hydrogens (tertiary/aromatic N) is 1. The van der Waals surface area contributed by atoms with E-state index in [1.807, 2.05) is 12.1 Å². The summed E-state index contributed by atoms with van der Waals surface area (Å²) in [6.45, 7) is 1.78. The Morgan fingerprint density at radius 2 is 1.95 bits per heavy atom. The monoisotopic (exact) mass is 321 g/mol. The van der Waals surface area contributed by atoms with Gasteiger partial charge in [-0.05, 0) is 56.0 Å². The molecule has 1 heterocycles. The number of hydrogen-bond acceptors (Lipinski definition) is 3. The van der Waals surface area contributed by atoms with Crippen LogP contribution >= 0.6 is 11.6 Å². The maximum absolute atomic E-state index is 12.4. The van der Waals surface area contributed by atoms with Gasteiger partial charge in [0, 0.05) is 17.3 Å². The van der Waals surface area contributed by atoms with Crippen molar-refractivity contribution < 1.29 is 9.59 Å². The van der Waals surface area contributed by atoms with Crippen LogP contribution in [0.1, 0.15) is 19.3 Å². The SMILES string of the molecule is O=C(CNCC1CC1)NC1CCN(c2ccc(Cl)cc2)C1=O. The van der Waals surface area contributed by atoms with Crippen molar-refractivity contribution in [2.75, 3.05) is 24.5 Å². The van der Waals surface area contributed by atoms with Crippen molar-refractivity contribution in [2.24, 2.45) is 5.92 Å². The molecule has 3 rings (SSSR count). The molecule has 5 nitrogen and oxygen atoms in total. The third-order valence-corrected chi connectivity index (χ3v) is 4.35. The second-order valence-corrected chi connectivity index (χ2v) is 6.39. The van der Waals surface area contributed by atoms with Gasteiger partial charge in [0.2, 0.25) is 11.8 Å². The van der Waals surface area contributed by atoms with Gasteiger partial charge in [-0.25, -0.2) is 0 Å². The summed E-state index contributed by atoms with van der Waals surface area (Å²) in [5.41, 5.74) is 0.818. The van der Waals surface area contributed by atoms with Gasteiger partial charge in [-0.2, -0.15) is 0 Å². The third-order valence-electron chi connectivity index (χ3n) is 4.09. The van der Waals surface area contributed by atoms with Crippen LogP contribution in [0.2, 0.25) is 5.02 Å². The van der Waals surface area contributed by atoms with E-state index in [0.29, 0.717) is 18.0 Å². The van der Waals surface area contributed by atoms with E-state index >= 15 is 0 Å². The van der Waals surface area contributed by atoms with Crippen molar-refractivity contribution >= 4 is 29.1 Å². The van der Waals surface area contributed by atoms with Crippen molar-refractivity contribution in [1.82, 2.24) is 10.6 Å². The number of carbonyl (C=O) groups excluding carboxylic acids is 2. The highest BCUT2D eigenvalue weighted by molar-refractivity contribution is 6.30. The van der Waals surface area contributed by atoms with Crippen molar-refractivity contribution in [2.45, 2.75) is 25.3 Å². The van der Waals surface area contributed by atoms with Gasteiger partial charge in [-0.1, -0.05) is 11.6 Å². The zero-order valence-corrected chi connectivity index (χ0v) is 13.1. The molecule has 2 N–H and O–H groups in total. The lowest BCUT2D eigenvalue weighted by molar-refractivity contribution is -0.125. The molecule has 1 aliphatic carbocycles. The zero-order valence-electron chi connectivity index (χ0n) is 12.3. The van der Waals surface area contributed by atoms with E-state index in [-0.39, 0.29) is 18.4 Å². The minimum atomic E-state index is -0.425. The molecule has 0 radical (unpaired) electrons. The lowest BCUT2D eigenvalue weighted by Crippen LogP contribution is -2.45.